The van der Waals surface area contributed by atoms with Crippen LogP contribution in [0.1, 0.15) is 17.0 Å². The van der Waals surface area contributed by atoms with Crippen molar-refractivity contribution in [2.45, 2.75) is 10.3 Å². The Morgan fingerprint density at radius 1 is 1.22 bits per heavy atom. The third kappa shape index (κ3) is 2.75. The Labute approximate surface area is 119 Å². The van der Waals surface area contributed by atoms with Gasteiger partial charge in [-0.25, -0.2) is 4.68 Å². The van der Waals surface area contributed by atoms with Crippen LogP contribution in [-0.4, -0.2) is 15.0 Å². The van der Waals surface area contributed by atoms with Gasteiger partial charge in [-0.3, -0.25) is 0 Å². The number of alkyl halides is 3. The summed E-state index contributed by atoms with van der Waals surface area (Å²) >= 11 is 17.5. The molecule has 0 aliphatic heterocycles. The van der Waals surface area contributed by atoms with E-state index in [2.05, 4.69) is 10.3 Å². The van der Waals surface area contributed by atoms with Crippen molar-refractivity contribution in [2.75, 3.05) is 0 Å². The highest BCUT2D eigenvalue weighted by Crippen LogP contribution is 2.39. The monoisotopic (exact) mass is 300 g/mol. The molecule has 18 heavy (non-hydrogen) atoms. The van der Waals surface area contributed by atoms with Gasteiger partial charge in [0, 0.05) is 0 Å². The highest BCUT2D eigenvalue weighted by Gasteiger charge is 2.32. The summed E-state index contributed by atoms with van der Waals surface area (Å²) in [5.74, 6) is 0. The second kappa shape index (κ2) is 5.15. The predicted molar refractivity (Wildman–Crippen MR) is 69.5 cm³/mol. The number of hydrogen-bond acceptors (Lipinski definition) is 3. The molecule has 4 nitrogen and oxygen atoms in total. The summed E-state index contributed by atoms with van der Waals surface area (Å²) in [4.78, 5) is 0. The second-order valence-electron chi connectivity index (χ2n) is 3.54. The predicted octanol–water partition coefficient (Wildman–Crippen LogP) is 3.02. The molecule has 0 amide bonds. The van der Waals surface area contributed by atoms with Gasteiger partial charge >= 0.3 is 0 Å². The van der Waals surface area contributed by atoms with E-state index in [1.807, 2.05) is 36.4 Å². The lowest BCUT2D eigenvalue weighted by Gasteiger charge is -2.13. The molecule has 2 rings (SSSR count). The Morgan fingerprint density at radius 3 is 2.44 bits per heavy atom. The number of rotatable bonds is 2. The molecule has 92 valence electrons. The average Bonchev–Trinajstić information content (AvgIpc) is 2.73. The van der Waals surface area contributed by atoms with E-state index in [9.17, 15) is 0 Å². The summed E-state index contributed by atoms with van der Waals surface area (Å²) in [6.07, 6.45) is 0. The highest BCUT2D eigenvalue weighted by molar-refractivity contribution is 6.66. The van der Waals surface area contributed by atoms with Gasteiger partial charge in [0.1, 0.15) is 11.8 Å². The summed E-state index contributed by atoms with van der Waals surface area (Å²) < 4.78 is -0.315. The van der Waals surface area contributed by atoms with E-state index >= 15 is 0 Å². The average molecular weight is 302 g/mol. The molecule has 7 heteroatoms. The van der Waals surface area contributed by atoms with Gasteiger partial charge in [0.2, 0.25) is 3.79 Å². The van der Waals surface area contributed by atoms with E-state index in [4.69, 9.17) is 40.1 Å². The lowest BCUT2D eigenvalue weighted by atomic mass is 10.2. The molecule has 0 radical (unpaired) electrons. The number of halogens is 3. The lowest BCUT2D eigenvalue weighted by Crippen LogP contribution is -2.14. The summed E-state index contributed by atoms with van der Waals surface area (Å²) in [5.41, 5.74) is 1.17. The summed E-state index contributed by atoms with van der Waals surface area (Å²) in [6.45, 7) is 0.388. The fraction of sp³-hybridized carbons (Fsp3) is 0.182. The van der Waals surface area contributed by atoms with Gasteiger partial charge in [0.15, 0.2) is 5.69 Å². The number of benzene rings is 1. The van der Waals surface area contributed by atoms with Crippen LogP contribution in [0, 0.1) is 11.3 Å². The van der Waals surface area contributed by atoms with Crippen molar-refractivity contribution in [2.24, 2.45) is 0 Å². The molecule has 1 aromatic heterocycles. The van der Waals surface area contributed by atoms with Gasteiger partial charge in [0.25, 0.3) is 0 Å². The van der Waals surface area contributed by atoms with E-state index in [-0.39, 0.29) is 11.4 Å². The summed E-state index contributed by atoms with van der Waals surface area (Å²) in [7, 11) is 0. The maximum Gasteiger partial charge on any atom is 0.235 e. The van der Waals surface area contributed by atoms with Crippen molar-refractivity contribution in [1.29, 1.82) is 5.26 Å². The molecule has 2 aromatic rings. The van der Waals surface area contributed by atoms with E-state index in [1.54, 1.807) is 0 Å². The van der Waals surface area contributed by atoms with Gasteiger partial charge in [-0.1, -0.05) is 70.3 Å². The zero-order valence-corrected chi connectivity index (χ0v) is 11.3. The molecule has 0 bridgehead atoms. The zero-order valence-electron chi connectivity index (χ0n) is 9.02. The van der Waals surface area contributed by atoms with E-state index in [0.717, 1.165) is 5.56 Å². The van der Waals surface area contributed by atoms with Gasteiger partial charge < -0.3 is 0 Å². The number of nitriles is 1. The molecule has 1 heterocycles. The van der Waals surface area contributed by atoms with Crippen molar-refractivity contribution < 1.29 is 0 Å². The van der Waals surface area contributed by atoms with Crippen LogP contribution < -0.4 is 0 Å². The van der Waals surface area contributed by atoms with Crippen molar-refractivity contribution in [3.63, 3.8) is 0 Å². The molecule has 1 aromatic carbocycles. The molecule has 0 N–H and O–H groups in total. The Hall–Kier alpha value is -1.28. The first-order valence-electron chi connectivity index (χ1n) is 4.97. The minimum atomic E-state index is -1.73. The van der Waals surface area contributed by atoms with Crippen LogP contribution in [0.25, 0.3) is 0 Å². The Morgan fingerprint density at radius 2 is 1.89 bits per heavy atom. The maximum absolute atomic E-state index is 8.92. The molecule has 0 aliphatic carbocycles. The van der Waals surface area contributed by atoms with E-state index in [0.29, 0.717) is 6.54 Å². The molecule has 0 unspecified atom stereocenters. The van der Waals surface area contributed by atoms with Crippen LogP contribution in [-0.2, 0) is 10.3 Å². The Kier molecular flexibility index (Phi) is 3.76. The lowest BCUT2D eigenvalue weighted by molar-refractivity contribution is 0.623. The summed E-state index contributed by atoms with van der Waals surface area (Å²) in [6, 6.07) is 11.4. The number of hydrogen-bond donors (Lipinski definition) is 0. The van der Waals surface area contributed by atoms with Gasteiger partial charge in [-0.2, -0.15) is 5.26 Å². The third-order valence-corrected chi connectivity index (χ3v) is 2.82. The minimum Gasteiger partial charge on any atom is -0.239 e. The fourth-order valence-corrected chi connectivity index (χ4v) is 2.10. The van der Waals surface area contributed by atoms with Crippen molar-refractivity contribution in [3.05, 3.63) is 47.3 Å². The quantitative estimate of drug-likeness (QED) is 0.801. The first-order chi connectivity index (χ1) is 8.52. The van der Waals surface area contributed by atoms with Crippen molar-refractivity contribution in [1.82, 2.24) is 15.0 Å². The summed E-state index contributed by atoms with van der Waals surface area (Å²) in [5, 5.41) is 16.5. The van der Waals surface area contributed by atoms with Crippen LogP contribution in [0.2, 0.25) is 0 Å². The molecule has 0 atom stereocenters. The van der Waals surface area contributed by atoms with Gasteiger partial charge in [-0.05, 0) is 5.56 Å². The molecule has 0 fully saturated rings. The van der Waals surface area contributed by atoms with Gasteiger partial charge in [-0.15, -0.1) is 5.10 Å². The molecular weight excluding hydrogens is 295 g/mol. The molecule has 0 aliphatic rings. The minimum absolute atomic E-state index is 0.0194. The fourth-order valence-electron chi connectivity index (χ4n) is 1.54. The van der Waals surface area contributed by atoms with Crippen LogP contribution in [0.5, 0.6) is 0 Å². The van der Waals surface area contributed by atoms with E-state index < -0.39 is 3.79 Å². The Bertz CT molecular complexity index is 581. The normalized spacial score (nSPS) is 11.2. The molecule has 0 saturated heterocycles. The highest BCUT2D eigenvalue weighted by atomic mass is 35.6. The largest absolute Gasteiger partial charge is 0.239 e. The van der Waals surface area contributed by atoms with E-state index in [1.165, 1.54) is 4.68 Å². The third-order valence-electron chi connectivity index (χ3n) is 2.28. The maximum atomic E-state index is 8.92. The van der Waals surface area contributed by atoms with Crippen LogP contribution >= 0.6 is 34.8 Å². The topological polar surface area (TPSA) is 54.5 Å². The molecule has 0 spiro atoms. The molecule has 0 saturated carbocycles. The van der Waals surface area contributed by atoms with Crippen LogP contribution in [0.4, 0.5) is 0 Å². The van der Waals surface area contributed by atoms with Crippen molar-refractivity contribution >= 4 is 34.8 Å². The number of aromatic nitrogens is 3. The standard InChI is InChI=1S/C11H7Cl3N4/c12-11(13,14)10-9(6-15)16-17-18(10)7-8-4-2-1-3-5-8/h1-5H,7H2. The van der Waals surface area contributed by atoms with Crippen molar-refractivity contribution in [3.8, 4) is 6.07 Å². The van der Waals surface area contributed by atoms with Gasteiger partial charge in [0.05, 0.1) is 6.54 Å². The SMILES string of the molecule is N#Cc1nnn(Cc2ccccc2)c1C(Cl)(Cl)Cl. The number of nitrogens with zero attached hydrogens (tertiary/aromatic N) is 4. The van der Waals surface area contributed by atoms with Crippen LogP contribution in [0.3, 0.4) is 0 Å². The second-order valence-corrected chi connectivity index (χ2v) is 5.82. The van der Waals surface area contributed by atoms with Crippen LogP contribution in [0.15, 0.2) is 30.3 Å². The zero-order chi connectivity index (χ0) is 13.2. The molecular formula is C11H7Cl3N4. The first-order valence-corrected chi connectivity index (χ1v) is 6.10. The smallest absolute Gasteiger partial charge is 0.235 e. The Balaban J connectivity index is 2.41. The first kappa shape index (κ1) is 13.2.